The number of aromatic amines is 1. The molecule has 3 rings (SSSR count). The molecular formula is C19H22N4OS. The van der Waals surface area contributed by atoms with E-state index < -0.39 is 0 Å². The van der Waals surface area contributed by atoms with Gasteiger partial charge in [-0.1, -0.05) is 25.1 Å². The van der Waals surface area contributed by atoms with Crippen LogP contribution in [0.15, 0.2) is 42.5 Å². The van der Waals surface area contributed by atoms with Gasteiger partial charge < -0.3 is 9.64 Å². The maximum atomic E-state index is 5.55. The molecule has 0 radical (unpaired) electrons. The lowest BCUT2D eigenvalue weighted by atomic mass is 10.1. The van der Waals surface area contributed by atoms with Crippen LogP contribution in [0.5, 0.6) is 5.75 Å². The first-order valence-corrected chi connectivity index (χ1v) is 8.58. The Labute approximate surface area is 152 Å². The highest BCUT2D eigenvalue weighted by atomic mass is 32.1. The van der Waals surface area contributed by atoms with Crippen LogP contribution in [0.4, 0.5) is 5.69 Å². The van der Waals surface area contributed by atoms with E-state index in [9.17, 15) is 0 Å². The summed E-state index contributed by atoms with van der Waals surface area (Å²) in [7, 11) is 5.65. The number of hydrogen-bond acceptors (Lipinski definition) is 4. The summed E-state index contributed by atoms with van der Waals surface area (Å²) in [6, 6.07) is 14.4. The van der Waals surface area contributed by atoms with Crippen LogP contribution in [0, 0.1) is 4.77 Å². The molecular weight excluding hydrogens is 332 g/mol. The smallest absolute Gasteiger partial charge is 0.200 e. The zero-order valence-electron chi connectivity index (χ0n) is 14.9. The van der Waals surface area contributed by atoms with Gasteiger partial charge in [-0.25, -0.2) is 0 Å². The quantitative estimate of drug-likeness (QED) is 0.697. The normalized spacial score (nSPS) is 10.7. The number of nitrogens with zero attached hydrogens (tertiary/aromatic N) is 3. The van der Waals surface area contributed by atoms with Crippen molar-refractivity contribution < 1.29 is 4.74 Å². The summed E-state index contributed by atoms with van der Waals surface area (Å²) in [4.78, 5) is 2.02. The average molecular weight is 354 g/mol. The fourth-order valence-corrected chi connectivity index (χ4v) is 3.07. The lowest BCUT2D eigenvalue weighted by molar-refractivity contribution is 0.415. The van der Waals surface area contributed by atoms with Crippen molar-refractivity contribution in [3.05, 3.63) is 52.8 Å². The van der Waals surface area contributed by atoms with Gasteiger partial charge in [-0.2, -0.15) is 5.10 Å². The van der Waals surface area contributed by atoms with Crippen molar-refractivity contribution in [3.8, 4) is 22.8 Å². The molecule has 0 fully saturated rings. The first kappa shape index (κ1) is 17.2. The van der Waals surface area contributed by atoms with Gasteiger partial charge in [0, 0.05) is 25.7 Å². The molecule has 0 aliphatic heterocycles. The second-order valence-electron chi connectivity index (χ2n) is 5.99. The molecule has 2 aromatic carbocycles. The largest absolute Gasteiger partial charge is 0.495 e. The molecule has 0 spiro atoms. The molecule has 0 bridgehead atoms. The number of rotatable bonds is 5. The summed E-state index contributed by atoms with van der Waals surface area (Å²) in [6.45, 7) is 2.14. The molecule has 1 N–H and O–H groups in total. The summed E-state index contributed by atoms with van der Waals surface area (Å²) in [6.07, 6.45) is 0.977. The Morgan fingerprint density at radius 2 is 2.00 bits per heavy atom. The molecule has 130 valence electrons. The van der Waals surface area contributed by atoms with E-state index in [1.807, 2.05) is 53.9 Å². The van der Waals surface area contributed by atoms with E-state index in [4.69, 9.17) is 17.0 Å². The highest BCUT2D eigenvalue weighted by Crippen LogP contribution is 2.31. The molecule has 1 aromatic heterocycles. The van der Waals surface area contributed by atoms with E-state index in [1.54, 1.807) is 7.11 Å². The number of ether oxygens (including phenoxy) is 1. The second kappa shape index (κ2) is 7.11. The molecule has 0 aliphatic rings. The fourth-order valence-electron chi connectivity index (χ4n) is 2.84. The van der Waals surface area contributed by atoms with Crippen LogP contribution >= 0.6 is 12.2 Å². The maximum absolute atomic E-state index is 5.55. The predicted octanol–water partition coefficient (Wildman–Crippen LogP) is 4.23. The van der Waals surface area contributed by atoms with Gasteiger partial charge in [-0.05, 0) is 42.4 Å². The Morgan fingerprint density at radius 3 is 2.68 bits per heavy atom. The number of anilines is 1. The molecule has 3 aromatic rings. The van der Waals surface area contributed by atoms with Crippen LogP contribution in [0.1, 0.15) is 12.5 Å². The third kappa shape index (κ3) is 3.30. The van der Waals surface area contributed by atoms with Crippen LogP contribution < -0.4 is 9.64 Å². The molecule has 0 unspecified atom stereocenters. The van der Waals surface area contributed by atoms with E-state index in [-0.39, 0.29) is 0 Å². The lowest BCUT2D eigenvalue weighted by Crippen LogP contribution is -2.10. The summed E-state index contributed by atoms with van der Waals surface area (Å²) in [5.74, 6) is 1.58. The van der Waals surface area contributed by atoms with E-state index in [1.165, 1.54) is 5.56 Å². The third-order valence-corrected chi connectivity index (χ3v) is 4.44. The number of hydrogen-bond donors (Lipinski definition) is 1. The van der Waals surface area contributed by atoms with E-state index in [2.05, 4.69) is 29.3 Å². The van der Waals surface area contributed by atoms with Crippen LogP contribution in [0.3, 0.4) is 0 Å². The van der Waals surface area contributed by atoms with Gasteiger partial charge in [0.15, 0.2) is 10.6 Å². The molecule has 0 amide bonds. The van der Waals surface area contributed by atoms with Crippen molar-refractivity contribution in [1.29, 1.82) is 0 Å². The highest BCUT2D eigenvalue weighted by Gasteiger charge is 2.14. The van der Waals surface area contributed by atoms with Crippen molar-refractivity contribution in [3.63, 3.8) is 0 Å². The molecule has 5 nitrogen and oxygen atoms in total. The molecule has 0 atom stereocenters. The molecule has 0 aliphatic carbocycles. The van der Waals surface area contributed by atoms with Gasteiger partial charge >= 0.3 is 0 Å². The number of H-pyrrole nitrogens is 1. The zero-order valence-corrected chi connectivity index (χ0v) is 15.7. The van der Waals surface area contributed by atoms with Gasteiger partial charge in [0.05, 0.1) is 18.5 Å². The van der Waals surface area contributed by atoms with Gasteiger partial charge in [0.2, 0.25) is 0 Å². The Morgan fingerprint density at radius 1 is 1.20 bits per heavy atom. The number of aryl methyl sites for hydroxylation is 1. The monoisotopic (exact) mass is 354 g/mol. The molecule has 0 saturated carbocycles. The fraction of sp³-hybridized carbons (Fsp3) is 0.263. The number of methoxy groups -OCH3 is 1. The van der Waals surface area contributed by atoms with Crippen molar-refractivity contribution in [2.24, 2.45) is 0 Å². The third-order valence-electron chi connectivity index (χ3n) is 4.17. The van der Waals surface area contributed by atoms with E-state index in [0.29, 0.717) is 4.77 Å². The average Bonchev–Trinajstić information content (AvgIpc) is 3.02. The first-order valence-electron chi connectivity index (χ1n) is 8.17. The maximum Gasteiger partial charge on any atom is 0.200 e. The Balaban J connectivity index is 2.16. The molecule has 0 saturated heterocycles. The van der Waals surface area contributed by atoms with Crippen molar-refractivity contribution in [2.45, 2.75) is 13.3 Å². The SMILES string of the molecule is CCc1cccc(-c2n[nH]c(=S)n2-c2ccc(N(C)C)c(OC)c2)c1. The van der Waals surface area contributed by atoms with Crippen LogP contribution in [0.25, 0.3) is 17.1 Å². The molecule has 6 heteroatoms. The zero-order chi connectivity index (χ0) is 18.0. The molecule has 1 heterocycles. The summed E-state index contributed by atoms with van der Waals surface area (Å²) >= 11 is 5.47. The van der Waals surface area contributed by atoms with Gasteiger partial charge in [0.1, 0.15) is 5.75 Å². The van der Waals surface area contributed by atoms with Crippen molar-refractivity contribution >= 4 is 17.9 Å². The van der Waals surface area contributed by atoms with Gasteiger partial charge in [0.25, 0.3) is 0 Å². The van der Waals surface area contributed by atoms with Gasteiger partial charge in [-0.15, -0.1) is 0 Å². The number of nitrogens with one attached hydrogen (secondary N) is 1. The lowest BCUT2D eigenvalue weighted by Gasteiger charge is -2.18. The van der Waals surface area contributed by atoms with Crippen molar-refractivity contribution in [2.75, 3.05) is 26.1 Å². The topological polar surface area (TPSA) is 46.1 Å². The minimum absolute atomic E-state index is 0.552. The van der Waals surface area contributed by atoms with Crippen LogP contribution in [-0.2, 0) is 6.42 Å². The van der Waals surface area contributed by atoms with Crippen LogP contribution in [0.2, 0.25) is 0 Å². The van der Waals surface area contributed by atoms with E-state index >= 15 is 0 Å². The first-order chi connectivity index (χ1) is 12.0. The Kier molecular flexibility index (Phi) is 4.90. The van der Waals surface area contributed by atoms with Gasteiger partial charge in [-0.3, -0.25) is 9.67 Å². The predicted molar refractivity (Wildman–Crippen MR) is 104 cm³/mol. The highest BCUT2D eigenvalue weighted by molar-refractivity contribution is 7.71. The summed E-state index contributed by atoms with van der Waals surface area (Å²) < 4.78 is 8.04. The molecule has 25 heavy (non-hydrogen) atoms. The van der Waals surface area contributed by atoms with E-state index in [0.717, 1.165) is 34.9 Å². The Bertz CT molecular complexity index is 943. The summed E-state index contributed by atoms with van der Waals surface area (Å²) in [5.41, 5.74) is 4.22. The standard InChI is InChI=1S/C19H22N4OS/c1-5-13-7-6-8-14(11-13)18-20-21-19(25)23(18)15-9-10-16(22(2)3)17(12-15)24-4/h6-12H,5H2,1-4H3,(H,21,25). The van der Waals surface area contributed by atoms with Crippen LogP contribution in [-0.4, -0.2) is 36.0 Å². The number of benzene rings is 2. The minimum atomic E-state index is 0.552. The minimum Gasteiger partial charge on any atom is -0.495 e. The Hall–Kier alpha value is -2.60. The number of aromatic nitrogens is 3. The van der Waals surface area contributed by atoms with Crippen molar-refractivity contribution in [1.82, 2.24) is 14.8 Å². The second-order valence-corrected chi connectivity index (χ2v) is 6.38. The summed E-state index contributed by atoms with van der Waals surface area (Å²) in [5, 5.41) is 7.36.